The molecule has 0 saturated carbocycles. The Balaban J connectivity index is 0.000000146. The van der Waals surface area contributed by atoms with Crippen molar-refractivity contribution in [3.8, 4) is 0 Å². The van der Waals surface area contributed by atoms with Gasteiger partial charge in [-0.15, -0.1) is 12.2 Å². The van der Waals surface area contributed by atoms with E-state index in [-0.39, 0.29) is 102 Å². The molecule has 0 aromatic heterocycles. The van der Waals surface area contributed by atoms with E-state index >= 15 is 0 Å². The molecule has 17 nitrogen and oxygen atoms in total. The van der Waals surface area contributed by atoms with Crippen molar-refractivity contribution in [2.45, 2.75) is 204 Å². The molecule has 7 fully saturated rings. The van der Waals surface area contributed by atoms with Crippen LogP contribution in [0, 0.1) is 0 Å². The van der Waals surface area contributed by atoms with Gasteiger partial charge >= 0.3 is 23.1 Å². The molecule has 7 saturated heterocycles. The van der Waals surface area contributed by atoms with Gasteiger partial charge in [0.25, 0.3) is 0 Å². The molecule has 0 aliphatic carbocycles. The molecule has 0 radical (unpaired) electrons. The fraction of sp³-hybridized carbons (Fsp3) is 0.684. The van der Waals surface area contributed by atoms with Crippen molar-refractivity contribution in [3.05, 3.63) is 94.8 Å². The summed E-state index contributed by atoms with van der Waals surface area (Å²) in [4.78, 5) is 17.0. The second-order valence-electron chi connectivity index (χ2n) is 22.4. The van der Waals surface area contributed by atoms with Crippen molar-refractivity contribution in [1.82, 2.24) is 0 Å². The molecule has 76 heavy (non-hydrogen) atoms. The maximum absolute atomic E-state index is 6.23. The number of ether oxygens (including phenoxy) is 11. The van der Waals surface area contributed by atoms with Gasteiger partial charge in [0.15, 0.2) is 35.7 Å². The molecule has 10 aliphatic heterocycles. The first-order valence-corrected chi connectivity index (χ1v) is 27.2. The van der Waals surface area contributed by atoms with E-state index in [0.717, 1.165) is 57.6 Å². The van der Waals surface area contributed by atoms with Crippen LogP contribution in [0.3, 0.4) is 0 Å². The van der Waals surface area contributed by atoms with Gasteiger partial charge in [0.05, 0.1) is 11.8 Å². The molecule has 0 spiro atoms. The van der Waals surface area contributed by atoms with Crippen LogP contribution >= 0.6 is 0 Å². The molecule has 5 unspecified atom stereocenters. The minimum atomic E-state index is -0.722. The number of hydroxylamine groups is 1. The van der Waals surface area contributed by atoms with Gasteiger partial charge in [0.2, 0.25) is 0 Å². The summed E-state index contributed by atoms with van der Waals surface area (Å²) in [5.74, 6) is -2.84. The number of nitrogens with one attached hydrogen (secondary N) is 1. The van der Waals surface area contributed by atoms with Crippen LogP contribution in [0.4, 0.5) is 17.1 Å². The number of hydrogen-bond acceptors (Lipinski definition) is 16. The molecule has 3 aromatic rings. The van der Waals surface area contributed by atoms with Gasteiger partial charge < -0.3 is 79.7 Å². The van der Waals surface area contributed by atoms with Crippen LogP contribution in [0.25, 0.3) is 5.32 Å². The molecule has 0 amide bonds. The molecule has 13 rings (SSSR count). The van der Waals surface area contributed by atoms with Gasteiger partial charge in [0.1, 0.15) is 68.7 Å². The van der Waals surface area contributed by atoms with Gasteiger partial charge in [-0.1, -0.05) is 72.6 Å². The van der Waals surface area contributed by atoms with E-state index in [9.17, 15) is 0 Å². The van der Waals surface area contributed by atoms with E-state index in [1.165, 1.54) is 60.2 Å². The molecule has 0 bridgehead atoms. The zero-order chi connectivity index (χ0) is 51.5. The summed E-state index contributed by atoms with van der Waals surface area (Å²) in [6.07, 6.45) is 7.05. The first-order valence-electron chi connectivity index (χ1n) is 27.2. The Morgan fingerprint density at radius 2 is 1.09 bits per heavy atom. The van der Waals surface area contributed by atoms with E-state index in [1.54, 1.807) is 0 Å². The largest absolute Gasteiger partial charge is 2.00 e. The van der Waals surface area contributed by atoms with Crippen molar-refractivity contribution in [2.24, 2.45) is 0 Å². The van der Waals surface area contributed by atoms with Gasteiger partial charge in [-0.25, -0.2) is 9.78 Å². The first kappa shape index (κ1) is 59.9. The van der Waals surface area contributed by atoms with Crippen molar-refractivity contribution in [1.29, 1.82) is 0 Å². The second kappa shape index (κ2) is 26.1. The van der Waals surface area contributed by atoms with Crippen molar-refractivity contribution in [2.75, 3.05) is 56.4 Å². The summed E-state index contributed by atoms with van der Waals surface area (Å²) in [6, 6.07) is 25.3. The van der Waals surface area contributed by atoms with Gasteiger partial charge in [-0.2, -0.15) is 0 Å². The molecule has 11 atom stereocenters. The number of fused-ring (bicyclic) bond motifs is 9. The minimum absolute atomic E-state index is 0. The van der Waals surface area contributed by atoms with Crippen LogP contribution in [0.15, 0.2) is 72.8 Å². The Morgan fingerprint density at radius 3 is 1.74 bits per heavy atom. The third-order valence-electron chi connectivity index (χ3n) is 14.6. The van der Waals surface area contributed by atoms with Gasteiger partial charge in [-0.3, -0.25) is 9.90 Å². The number of nitrogens with zero attached hydrogens (tertiary/aromatic N) is 2. The Kier molecular flexibility index (Phi) is 20.6. The standard InChI is InChI=1S/C21H29NO6.C18H30O8.C9H11N.C9H10N.BrH.Mg/c1-20(2)25-16-15(24-19-18(17(16)26-20)27-21(3,4)28-19)12-23-22-11-7-9-13-8-5-6-10-14(13)22;1-17(2)23-13-12(10-21-20-9-11-7-5-6-8-19-11)22-16-15(14(13)24-17)25-18(3,4)26-16;2*1-2-6-9-8(4-1)5-3-7-10-9;;/h5-6,8,10,15-19H,7,9,11-12H2,1-4H3;11-16H,5-10H2,1-4H3;1-2,4,6,10H,3,5,7H2;1-2,4,6H,3,5,7H2;1H;/q;;;-1;;+2/p-1/t15?,16-,17-,18?,19+;11?,12?,13-,14-,15?,16+;;;;/m00..../s1. The number of anilines is 2. The quantitative estimate of drug-likeness (QED) is 0.122. The van der Waals surface area contributed by atoms with E-state index in [2.05, 4.69) is 71.3 Å². The maximum atomic E-state index is 6.23. The zero-order valence-corrected chi connectivity index (χ0v) is 48.8. The van der Waals surface area contributed by atoms with Crippen LogP contribution in [-0.4, -0.2) is 160 Å². The van der Waals surface area contributed by atoms with Crippen molar-refractivity contribution < 1.29 is 83.7 Å². The molecule has 1 N–H and O–H groups in total. The third kappa shape index (κ3) is 15.0. The number of rotatable bonds is 8. The van der Waals surface area contributed by atoms with E-state index in [4.69, 9.17) is 66.7 Å². The van der Waals surface area contributed by atoms with Crippen LogP contribution in [0.1, 0.15) is 111 Å². The predicted octanol–water partition coefficient (Wildman–Crippen LogP) is 5.97. The second-order valence-corrected chi connectivity index (χ2v) is 22.4. The van der Waals surface area contributed by atoms with Crippen molar-refractivity contribution in [3.63, 3.8) is 0 Å². The number of hydrogen-bond donors (Lipinski definition) is 1. The molecule has 10 aliphatic rings. The maximum Gasteiger partial charge on any atom is 2.00 e. The smallest absolute Gasteiger partial charge is 1.00 e. The number of aryl methyl sites for hydroxylation is 3. The average Bonchev–Trinajstić information content (AvgIpc) is 4.11. The Hall–Kier alpha value is -2.25. The topological polar surface area (TPSA) is 159 Å². The predicted molar refractivity (Wildman–Crippen MR) is 280 cm³/mol. The SMILES string of the molecule is CC1(C)OC2[C@H](OC(CON3CCCc4ccccc43)[C@@H]3OC(C)(C)O[C@H]23)O1.CC1(C)OC2[C@H](OC(COOCC3CCCCO3)[C@@H]3OC(C)(C)O[C@H]23)O1.[Br-].[Mg+2].c1ccc2c(c1)CCCN2.c1ccc2c(c1)CCC[N-]2. The minimum Gasteiger partial charge on any atom is -1.00 e. The summed E-state index contributed by atoms with van der Waals surface area (Å²) < 4.78 is 66.2. The Bertz CT molecular complexity index is 2210. The molecular formula is C57H80BrMgN3O14. The fourth-order valence-corrected chi connectivity index (χ4v) is 11.4. The van der Waals surface area contributed by atoms with Gasteiger partial charge in [0, 0.05) is 25.4 Å². The summed E-state index contributed by atoms with van der Waals surface area (Å²) in [7, 11) is 0. The van der Waals surface area contributed by atoms with E-state index in [0.29, 0.717) is 13.2 Å². The van der Waals surface area contributed by atoms with E-state index < -0.39 is 35.7 Å². The van der Waals surface area contributed by atoms with Crippen LogP contribution < -0.4 is 27.4 Å². The number of halogens is 1. The van der Waals surface area contributed by atoms with Crippen LogP contribution in [0.2, 0.25) is 0 Å². The Morgan fingerprint density at radius 1 is 0.553 bits per heavy atom. The fourth-order valence-electron chi connectivity index (χ4n) is 11.4. The summed E-state index contributed by atoms with van der Waals surface area (Å²) in [5.41, 5.74) is 7.85. The van der Waals surface area contributed by atoms with E-state index in [1.807, 2.05) is 72.6 Å². The normalized spacial score (nSPS) is 33.1. The monoisotopic (exact) mass is 1130 g/mol. The molecule has 3 aromatic carbocycles. The average molecular weight is 1140 g/mol. The summed E-state index contributed by atoms with van der Waals surface area (Å²) >= 11 is 0. The van der Waals surface area contributed by atoms with Gasteiger partial charge in [-0.05, 0) is 130 Å². The zero-order valence-electron chi connectivity index (χ0n) is 45.8. The van der Waals surface area contributed by atoms with Crippen molar-refractivity contribution >= 4 is 40.1 Å². The summed E-state index contributed by atoms with van der Waals surface area (Å²) in [5, 5.41) is 9.73. The molecular weight excluding hydrogens is 1050 g/mol. The third-order valence-corrected chi connectivity index (χ3v) is 14.6. The number of para-hydroxylation sites is 3. The number of benzene rings is 3. The van der Waals surface area contributed by atoms with Crippen LogP contribution in [0.5, 0.6) is 0 Å². The summed E-state index contributed by atoms with van der Waals surface area (Å²) in [6.45, 7) is 19.9. The first-order chi connectivity index (χ1) is 35.6. The Labute approximate surface area is 476 Å². The molecule has 19 heteroatoms. The molecule has 416 valence electrons. The van der Waals surface area contributed by atoms with Crippen LogP contribution in [-0.2, 0) is 86.0 Å². The molecule has 10 heterocycles.